The summed E-state index contributed by atoms with van der Waals surface area (Å²) in [5.74, 6) is -1.23. The van der Waals surface area contributed by atoms with E-state index in [2.05, 4.69) is 10.0 Å². The van der Waals surface area contributed by atoms with Crippen molar-refractivity contribution < 1.29 is 18.3 Å². The van der Waals surface area contributed by atoms with Gasteiger partial charge in [0.25, 0.3) is 10.2 Å². The normalized spacial score (nSPS) is 20.6. The lowest BCUT2D eigenvalue weighted by Crippen LogP contribution is -2.53. The van der Waals surface area contributed by atoms with Gasteiger partial charge in [0.2, 0.25) is 0 Å². The number of nitrogens with zero attached hydrogens (tertiary/aromatic N) is 1. The summed E-state index contributed by atoms with van der Waals surface area (Å²) in [6.07, 6.45) is 0. The number of nitrogens with one attached hydrogen (secondary N) is 2. The largest absolute Gasteiger partial charge is 0.480 e. The van der Waals surface area contributed by atoms with Gasteiger partial charge in [0, 0.05) is 32.7 Å². The molecule has 0 spiro atoms. The van der Waals surface area contributed by atoms with E-state index in [1.807, 2.05) is 0 Å². The standard InChI is InChI=1S/C7H16N4O4S/c8-6(7(12)13)5-10-16(14,15)11-3-1-9-2-4-11/h6,9-10H,1-5,8H2,(H,12,13). The first-order valence-electron chi connectivity index (χ1n) is 4.87. The first-order valence-corrected chi connectivity index (χ1v) is 6.31. The van der Waals surface area contributed by atoms with E-state index < -0.39 is 22.2 Å². The van der Waals surface area contributed by atoms with Crippen LogP contribution in [0, 0.1) is 0 Å². The van der Waals surface area contributed by atoms with Crippen LogP contribution in [0.25, 0.3) is 0 Å². The second kappa shape index (κ2) is 5.55. The van der Waals surface area contributed by atoms with Gasteiger partial charge < -0.3 is 16.2 Å². The Morgan fingerprint density at radius 3 is 2.56 bits per heavy atom. The molecule has 0 aromatic heterocycles. The van der Waals surface area contributed by atoms with Crippen molar-refractivity contribution in [3.63, 3.8) is 0 Å². The summed E-state index contributed by atoms with van der Waals surface area (Å²) in [7, 11) is -3.61. The van der Waals surface area contributed by atoms with Gasteiger partial charge in [-0.15, -0.1) is 0 Å². The lowest BCUT2D eigenvalue weighted by molar-refractivity contribution is -0.138. The van der Waals surface area contributed by atoms with Crippen molar-refractivity contribution in [1.82, 2.24) is 14.3 Å². The Labute approximate surface area is 94.0 Å². The van der Waals surface area contributed by atoms with Crippen molar-refractivity contribution in [1.29, 1.82) is 0 Å². The number of carboxylic acid groups (broad SMARTS) is 1. The first kappa shape index (κ1) is 13.3. The maximum atomic E-state index is 11.7. The third-order valence-electron chi connectivity index (χ3n) is 2.22. The smallest absolute Gasteiger partial charge is 0.321 e. The van der Waals surface area contributed by atoms with Gasteiger partial charge in [-0.3, -0.25) is 4.79 Å². The fraction of sp³-hybridized carbons (Fsp3) is 0.857. The monoisotopic (exact) mass is 252 g/mol. The van der Waals surface area contributed by atoms with Crippen LogP contribution >= 0.6 is 0 Å². The van der Waals surface area contributed by atoms with Gasteiger partial charge in [-0.2, -0.15) is 17.4 Å². The second-order valence-corrected chi connectivity index (χ2v) is 5.20. The minimum Gasteiger partial charge on any atom is -0.480 e. The van der Waals surface area contributed by atoms with E-state index in [9.17, 15) is 13.2 Å². The molecule has 1 aliphatic rings. The zero-order chi connectivity index (χ0) is 12.2. The molecular weight excluding hydrogens is 236 g/mol. The van der Waals surface area contributed by atoms with Crippen LogP contribution in [-0.4, -0.2) is 62.6 Å². The first-order chi connectivity index (χ1) is 7.43. The van der Waals surface area contributed by atoms with E-state index in [0.717, 1.165) is 0 Å². The van der Waals surface area contributed by atoms with Gasteiger partial charge in [0.1, 0.15) is 6.04 Å². The van der Waals surface area contributed by atoms with Gasteiger partial charge in [-0.1, -0.05) is 0 Å². The molecule has 1 saturated heterocycles. The molecule has 0 aromatic carbocycles. The Kier molecular flexibility index (Phi) is 4.62. The summed E-state index contributed by atoms with van der Waals surface area (Å²) in [6.45, 7) is 1.62. The van der Waals surface area contributed by atoms with Crippen LogP contribution in [0.15, 0.2) is 0 Å². The molecule has 0 radical (unpaired) electrons. The van der Waals surface area contributed by atoms with Crippen molar-refractivity contribution in [2.75, 3.05) is 32.7 Å². The summed E-state index contributed by atoms with van der Waals surface area (Å²) in [5, 5.41) is 11.5. The van der Waals surface area contributed by atoms with Crippen LogP contribution < -0.4 is 15.8 Å². The highest BCUT2D eigenvalue weighted by Gasteiger charge is 2.24. The Bertz CT molecular complexity index is 338. The molecule has 0 amide bonds. The highest BCUT2D eigenvalue weighted by atomic mass is 32.2. The molecule has 16 heavy (non-hydrogen) atoms. The number of carboxylic acids is 1. The third kappa shape index (κ3) is 3.68. The van der Waals surface area contributed by atoms with Gasteiger partial charge in [0.05, 0.1) is 0 Å². The van der Waals surface area contributed by atoms with Gasteiger partial charge in [-0.05, 0) is 0 Å². The Morgan fingerprint density at radius 1 is 1.50 bits per heavy atom. The molecule has 1 heterocycles. The van der Waals surface area contributed by atoms with E-state index in [1.165, 1.54) is 4.31 Å². The molecule has 1 atom stereocenters. The summed E-state index contributed by atoms with van der Waals surface area (Å²) >= 11 is 0. The zero-order valence-corrected chi connectivity index (χ0v) is 9.53. The van der Waals surface area contributed by atoms with Crippen molar-refractivity contribution in [3.8, 4) is 0 Å². The molecule has 1 aliphatic heterocycles. The SMILES string of the molecule is NC(CNS(=O)(=O)N1CCNCC1)C(=O)O. The predicted molar refractivity (Wildman–Crippen MR) is 57.0 cm³/mol. The van der Waals surface area contributed by atoms with E-state index in [-0.39, 0.29) is 6.54 Å². The fourth-order valence-corrected chi connectivity index (χ4v) is 2.49. The number of carbonyl (C=O) groups is 1. The van der Waals surface area contributed by atoms with Gasteiger partial charge in [0.15, 0.2) is 0 Å². The topological polar surface area (TPSA) is 125 Å². The van der Waals surface area contributed by atoms with Crippen LogP contribution in [0.1, 0.15) is 0 Å². The van der Waals surface area contributed by atoms with Crippen LogP contribution in [-0.2, 0) is 15.0 Å². The van der Waals surface area contributed by atoms with Crippen LogP contribution in [0.4, 0.5) is 0 Å². The molecule has 1 unspecified atom stereocenters. The summed E-state index contributed by atoms with van der Waals surface area (Å²) in [5.41, 5.74) is 5.20. The maximum absolute atomic E-state index is 11.7. The maximum Gasteiger partial charge on any atom is 0.321 e. The molecule has 94 valence electrons. The van der Waals surface area contributed by atoms with Gasteiger partial charge >= 0.3 is 5.97 Å². The number of hydrogen-bond donors (Lipinski definition) is 4. The van der Waals surface area contributed by atoms with E-state index in [1.54, 1.807) is 0 Å². The minimum absolute atomic E-state index is 0.304. The van der Waals surface area contributed by atoms with Crippen LogP contribution in [0.3, 0.4) is 0 Å². The highest BCUT2D eigenvalue weighted by molar-refractivity contribution is 7.87. The molecule has 9 heteroatoms. The highest BCUT2D eigenvalue weighted by Crippen LogP contribution is 1.99. The van der Waals surface area contributed by atoms with E-state index in [0.29, 0.717) is 26.2 Å². The lowest BCUT2D eigenvalue weighted by Gasteiger charge is -2.26. The number of nitrogens with two attached hydrogens (primary N) is 1. The third-order valence-corrected chi connectivity index (χ3v) is 3.80. The minimum atomic E-state index is -3.61. The fourth-order valence-electron chi connectivity index (χ4n) is 1.26. The zero-order valence-electron chi connectivity index (χ0n) is 8.72. The van der Waals surface area contributed by atoms with Crippen LogP contribution in [0.5, 0.6) is 0 Å². The molecule has 5 N–H and O–H groups in total. The Morgan fingerprint density at radius 2 is 2.06 bits per heavy atom. The molecule has 1 rings (SSSR count). The second-order valence-electron chi connectivity index (χ2n) is 3.45. The van der Waals surface area contributed by atoms with E-state index in [4.69, 9.17) is 10.8 Å². The quantitative estimate of drug-likeness (QED) is 0.417. The van der Waals surface area contributed by atoms with Crippen molar-refractivity contribution >= 4 is 16.2 Å². The molecule has 0 aromatic rings. The number of piperazine rings is 1. The summed E-state index contributed by atoms with van der Waals surface area (Å²) < 4.78 is 26.7. The Hall–Kier alpha value is -0.740. The number of aliphatic carboxylic acids is 1. The average Bonchev–Trinajstić information content (AvgIpc) is 2.27. The Balaban J connectivity index is 2.47. The summed E-state index contributed by atoms with van der Waals surface area (Å²) in [6, 6.07) is -1.22. The molecular formula is C7H16N4O4S. The van der Waals surface area contributed by atoms with Crippen molar-refractivity contribution in [2.24, 2.45) is 5.73 Å². The average molecular weight is 252 g/mol. The predicted octanol–water partition coefficient (Wildman–Crippen LogP) is -2.86. The summed E-state index contributed by atoms with van der Waals surface area (Å²) in [4.78, 5) is 10.4. The van der Waals surface area contributed by atoms with Crippen molar-refractivity contribution in [3.05, 3.63) is 0 Å². The lowest BCUT2D eigenvalue weighted by atomic mass is 10.3. The van der Waals surface area contributed by atoms with Crippen molar-refractivity contribution in [2.45, 2.75) is 6.04 Å². The molecule has 0 bridgehead atoms. The number of rotatable bonds is 5. The number of hydrogen-bond acceptors (Lipinski definition) is 5. The molecule has 8 nitrogen and oxygen atoms in total. The molecule has 0 saturated carbocycles. The molecule has 0 aliphatic carbocycles. The van der Waals surface area contributed by atoms with E-state index >= 15 is 0 Å². The van der Waals surface area contributed by atoms with Gasteiger partial charge in [-0.25, -0.2) is 0 Å². The molecule has 1 fully saturated rings. The van der Waals surface area contributed by atoms with Crippen LogP contribution in [0.2, 0.25) is 0 Å².